The van der Waals surface area contributed by atoms with Gasteiger partial charge in [0.05, 0.1) is 56.1 Å². The molecule has 6 aromatic carbocycles. The zero-order chi connectivity index (χ0) is 57.6. The number of halogens is 24. The maximum absolute atomic E-state index is 14.2. The van der Waals surface area contributed by atoms with Gasteiger partial charge in [0.25, 0.3) is 0 Å². The van der Waals surface area contributed by atoms with Crippen LogP contribution in [0.4, 0.5) is 105 Å². The van der Waals surface area contributed by atoms with Gasteiger partial charge in [0.1, 0.15) is 12.4 Å². The fourth-order valence-corrected chi connectivity index (χ4v) is 9.15. The molecule has 0 aliphatic carbocycles. The Hall–Kier alpha value is -6.79. The summed E-state index contributed by atoms with van der Waals surface area (Å²) < 4.78 is 341. The van der Waals surface area contributed by atoms with Gasteiger partial charge in [-0.05, 0) is 48.5 Å². The van der Waals surface area contributed by atoms with Crippen molar-refractivity contribution >= 4 is 44.7 Å². The van der Waals surface area contributed by atoms with Gasteiger partial charge in [0.2, 0.25) is 5.78 Å². The molecule has 28 heteroatoms. The molecule has 0 saturated heterocycles. The molecule has 0 bridgehead atoms. The summed E-state index contributed by atoms with van der Waals surface area (Å²) in [6.45, 7) is 0. The Morgan fingerprint density at radius 2 is 0.632 bits per heavy atom. The lowest BCUT2D eigenvalue weighted by Gasteiger charge is -2.46. The van der Waals surface area contributed by atoms with E-state index in [0.29, 0.717) is 11.3 Å². The highest BCUT2D eigenvalue weighted by Crippen LogP contribution is 2.41. The summed E-state index contributed by atoms with van der Waals surface area (Å²) in [6.07, 6.45) is -52.7. The summed E-state index contributed by atoms with van der Waals surface area (Å²) in [5, 5.41) is 8.76. The number of Topliss-reactive ketones (excluding diaryl/α,β-unsaturated/α-hetero) is 1. The number of nitriles is 1. The van der Waals surface area contributed by atoms with Crippen molar-refractivity contribution in [2.24, 2.45) is 0 Å². The summed E-state index contributed by atoms with van der Waals surface area (Å²) in [6, 6.07) is 10.1. The molecular formula is C48H26BF24NOS. The Kier molecular flexibility index (Phi) is 16.6. The van der Waals surface area contributed by atoms with Crippen LogP contribution in [0.15, 0.2) is 132 Å². The standard InChI is InChI=1S/C32H12BF24.C16H14NOS/c34-25(35,36)13-1-14(26(37,38)39)6-21(5-13)33(22-7-15(27(40,41)42)2-16(8-22)28(43,44)45,23-9-17(29(46,47)48)3-18(10-23)30(49,50)51)24-11-19(31(52,53)54)4-20(12-24)32(55,56)57;1-19(15-9-7-13(11-17)8-10-15)12-16(18)14-5-3-2-4-6-14/h1-12H;2-10H,12H2,1H3/q-1;+1. The first kappa shape index (κ1) is 60.1. The van der Waals surface area contributed by atoms with Crippen LogP contribution in [-0.2, 0) is 60.3 Å². The normalized spacial score (nSPS) is 13.6. The summed E-state index contributed by atoms with van der Waals surface area (Å²) in [5.41, 5.74) is -28.8. The van der Waals surface area contributed by atoms with Crippen molar-refractivity contribution in [2.75, 3.05) is 12.0 Å². The third-order valence-electron chi connectivity index (χ3n) is 11.3. The van der Waals surface area contributed by atoms with Crippen LogP contribution >= 0.6 is 0 Å². The lowest BCUT2D eigenvalue weighted by Crippen LogP contribution is -2.75. The van der Waals surface area contributed by atoms with E-state index in [1.165, 1.54) is 0 Å². The van der Waals surface area contributed by atoms with Crippen molar-refractivity contribution in [3.8, 4) is 6.07 Å². The number of nitrogens with zero attached hydrogens (tertiary/aromatic N) is 1. The molecule has 76 heavy (non-hydrogen) atoms. The van der Waals surface area contributed by atoms with Crippen LogP contribution in [0.5, 0.6) is 0 Å². The van der Waals surface area contributed by atoms with Gasteiger partial charge >= 0.3 is 49.4 Å². The number of hydrogen-bond donors (Lipinski definition) is 0. The summed E-state index contributed by atoms with van der Waals surface area (Å²) >= 11 is 0. The second kappa shape index (κ2) is 21.0. The Morgan fingerprint density at radius 1 is 0.395 bits per heavy atom. The number of carbonyl (C=O) groups excluding carboxylic acids is 1. The van der Waals surface area contributed by atoms with Gasteiger partial charge in [0.15, 0.2) is 10.6 Å². The largest absolute Gasteiger partial charge is 0.416 e. The van der Waals surface area contributed by atoms with E-state index in [4.69, 9.17) is 5.26 Å². The highest BCUT2D eigenvalue weighted by molar-refractivity contribution is 7.96. The topological polar surface area (TPSA) is 40.9 Å². The molecule has 2 nitrogen and oxygen atoms in total. The molecule has 6 rings (SSSR count). The molecule has 0 aliphatic heterocycles. The Morgan fingerprint density at radius 3 is 0.842 bits per heavy atom. The average molecular weight is 1130 g/mol. The van der Waals surface area contributed by atoms with E-state index in [9.17, 15) is 110 Å². The molecule has 0 amide bonds. The zero-order valence-corrected chi connectivity index (χ0v) is 38.1. The highest BCUT2D eigenvalue weighted by atomic mass is 32.2. The van der Waals surface area contributed by atoms with E-state index < -0.39 is 195 Å². The Balaban J connectivity index is 0.000000468. The van der Waals surface area contributed by atoms with E-state index in [2.05, 4.69) is 12.3 Å². The number of alkyl halides is 24. The first-order chi connectivity index (χ1) is 34.5. The van der Waals surface area contributed by atoms with E-state index in [-0.39, 0.29) is 16.7 Å². The monoisotopic (exact) mass is 1130 g/mol. The van der Waals surface area contributed by atoms with E-state index in [1.807, 2.05) is 42.5 Å². The van der Waals surface area contributed by atoms with E-state index in [1.54, 1.807) is 12.1 Å². The van der Waals surface area contributed by atoms with Crippen LogP contribution in [0.3, 0.4) is 0 Å². The van der Waals surface area contributed by atoms with Crippen LogP contribution in [0.1, 0.15) is 60.4 Å². The lowest BCUT2D eigenvalue weighted by molar-refractivity contribution is -0.144. The number of ketones is 1. The first-order valence-corrected chi connectivity index (χ1v) is 22.3. The predicted octanol–water partition coefficient (Wildman–Crippen LogP) is 14.3. The summed E-state index contributed by atoms with van der Waals surface area (Å²) in [7, 11) is -0.133. The molecule has 0 spiro atoms. The Bertz CT molecular complexity index is 2670. The van der Waals surface area contributed by atoms with E-state index in [0.717, 1.165) is 10.5 Å². The molecule has 0 fully saturated rings. The summed E-state index contributed by atoms with van der Waals surface area (Å²) in [5.74, 6) is 0.673. The molecule has 1 unspecified atom stereocenters. The predicted molar refractivity (Wildman–Crippen MR) is 228 cm³/mol. The molecule has 0 aliphatic rings. The van der Waals surface area contributed by atoms with Gasteiger partial charge in [-0.3, -0.25) is 4.79 Å². The molecule has 1 atom stereocenters. The second-order valence-electron chi connectivity index (χ2n) is 16.4. The number of carbonyl (C=O) groups is 1. The number of hydrogen-bond acceptors (Lipinski definition) is 2. The average Bonchev–Trinajstić information content (AvgIpc) is 3.29. The minimum Gasteiger partial charge on any atom is -0.289 e. The van der Waals surface area contributed by atoms with Crippen molar-refractivity contribution in [1.82, 2.24) is 0 Å². The molecule has 0 heterocycles. The van der Waals surface area contributed by atoms with Crippen LogP contribution in [0, 0.1) is 11.3 Å². The summed E-state index contributed by atoms with van der Waals surface area (Å²) in [4.78, 5) is 13.2. The SMILES string of the molecule is C[S+](CC(=O)c1ccccc1)c1ccc(C#N)cc1.FC(F)(F)c1cc([B-](c2cc(C(F)(F)F)cc(C(F)(F)F)c2)(c2cc(C(F)(F)F)cc(C(F)(F)F)c2)c2cc(C(F)(F)F)cc(C(F)(F)F)c2)cc(C(F)(F)F)c1. The van der Waals surface area contributed by atoms with Gasteiger partial charge in [-0.2, -0.15) is 132 Å². The van der Waals surface area contributed by atoms with Gasteiger partial charge in [-0.15, -0.1) is 0 Å². The molecule has 406 valence electrons. The number of benzene rings is 6. The molecule has 0 N–H and O–H groups in total. The minimum absolute atomic E-state index is 0.133. The van der Waals surface area contributed by atoms with E-state index >= 15 is 0 Å². The molecule has 0 radical (unpaired) electrons. The second-order valence-corrected chi connectivity index (χ2v) is 18.5. The maximum Gasteiger partial charge on any atom is 0.416 e. The fraction of sp³-hybridized carbons (Fsp3) is 0.208. The third-order valence-corrected chi connectivity index (χ3v) is 13.0. The van der Waals surface area contributed by atoms with Gasteiger partial charge in [-0.1, -0.05) is 78.9 Å². The van der Waals surface area contributed by atoms with Crippen molar-refractivity contribution in [1.29, 1.82) is 5.26 Å². The van der Waals surface area contributed by atoms with Gasteiger partial charge in [-0.25, -0.2) is 0 Å². The first-order valence-electron chi connectivity index (χ1n) is 20.5. The smallest absolute Gasteiger partial charge is 0.289 e. The van der Waals surface area contributed by atoms with Crippen LogP contribution in [0.2, 0.25) is 0 Å². The third kappa shape index (κ3) is 14.0. The van der Waals surface area contributed by atoms with Crippen LogP contribution in [0.25, 0.3) is 0 Å². The van der Waals surface area contributed by atoms with Crippen molar-refractivity contribution in [3.05, 3.63) is 183 Å². The molecular weight excluding hydrogens is 1110 g/mol. The molecule has 0 saturated carbocycles. The Labute approximate surface area is 414 Å². The quantitative estimate of drug-likeness (QED) is 0.0660. The van der Waals surface area contributed by atoms with Crippen molar-refractivity contribution < 1.29 is 110 Å². The highest BCUT2D eigenvalue weighted by Gasteiger charge is 2.47. The van der Waals surface area contributed by atoms with Crippen LogP contribution in [-0.4, -0.2) is 23.9 Å². The van der Waals surface area contributed by atoms with Crippen molar-refractivity contribution in [2.45, 2.75) is 54.3 Å². The minimum atomic E-state index is -6.13. The molecule has 6 aromatic rings. The number of rotatable bonds is 8. The maximum atomic E-state index is 14.2. The van der Waals surface area contributed by atoms with Gasteiger partial charge < -0.3 is 0 Å². The van der Waals surface area contributed by atoms with Gasteiger partial charge in [0, 0.05) is 16.5 Å². The lowest BCUT2D eigenvalue weighted by atomic mass is 9.12. The fourth-order valence-electron chi connectivity index (χ4n) is 7.82. The van der Waals surface area contributed by atoms with Crippen molar-refractivity contribution in [3.63, 3.8) is 0 Å². The van der Waals surface area contributed by atoms with Crippen LogP contribution < -0.4 is 21.9 Å². The zero-order valence-electron chi connectivity index (χ0n) is 37.2. The molecule has 0 aromatic heterocycles.